The second-order valence-corrected chi connectivity index (χ2v) is 15.0. The molecule has 15 heavy (non-hydrogen) atoms. The van der Waals surface area contributed by atoms with Crippen molar-refractivity contribution in [2.24, 2.45) is 0 Å². The molecule has 1 heterocycles. The molecule has 0 aromatic rings. The lowest BCUT2D eigenvalue weighted by Crippen LogP contribution is -2.72. The largest absolute Gasteiger partial charge is 0.397 e. The molecule has 0 aliphatic carbocycles. The average molecular weight is 250 g/mol. The van der Waals surface area contributed by atoms with Gasteiger partial charge < -0.3 is 17.7 Å². The van der Waals surface area contributed by atoms with Crippen LogP contribution in [0.2, 0.25) is 12.6 Å². The first kappa shape index (κ1) is 13.3. The van der Waals surface area contributed by atoms with Gasteiger partial charge in [-0.25, -0.2) is 0 Å². The summed E-state index contributed by atoms with van der Waals surface area (Å²) in [5.74, 6) is 0. The minimum atomic E-state index is -2.33. The molecule has 1 fully saturated rings. The Morgan fingerprint density at radius 2 is 1.60 bits per heavy atom. The summed E-state index contributed by atoms with van der Waals surface area (Å²) in [6.07, 6.45) is 0.965. The van der Waals surface area contributed by atoms with Crippen LogP contribution >= 0.6 is 0 Å². The van der Waals surface area contributed by atoms with Crippen LogP contribution in [0.25, 0.3) is 0 Å². The Labute approximate surface area is 94.2 Å². The van der Waals surface area contributed by atoms with Crippen molar-refractivity contribution in [3.63, 3.8) is 0 Å². The van der Waals surface area contributed by atoms with Gasteiger partial charge in [-0.2, -0.15) is 0 Å². The van der Waals surface area contributed by atoms with E-state index in [-0.39, 0.29) is 5.60 Å². The lowest BCUT2D eigenvalue weighted by atomic mass is 10.1. The maximum Gasteiger partial charge on any atom is 0.383 e. The van der Waals surface area contributed by atoms with Crippen LogP contribution in [-0.2, 0) is 17.7 Å². The van der Waals surface area contributed by atoms with E-state index < -0.39 is 16.2 Å². The summed E-state index contributed by atoms with van der Waals surface area (Å²) in [4.78, 5) is 0. The Balaban J connectivity index is 3.00. The smallest absolute Gasteiger partial charge is 0.383 e. The average Bonchev–Trinajstić information content (AvgIpc) is 2.18. The highest BCUT2D eigenvalue weighted by atomic mass is 29.3. The van der Waals surface area contributed by atoms with E-state index in [9.17, 15) is 0 Å². The van der Waals surface area contributed by atoms with Gasteiger partial charge in [0.2, 0.25) is 0 Å². The second kappa shape index (κ2) is 4.27. The van der Waals surface area contributed by atoms with Crippen LogP contribution in [0.3, 0.4) is 0 Å². The third-order valence-electron chi connectivity index (χ3n) is 3.27. The van der Waals surface area contributed by atoms with Crippen molar-refractivity contribution in [2.75, 3.05) is 21.3 Å². The van der Waals surface area contributed by atoms with Crippen molar-refractivity contribution in [1.82, 2.24) is 0 Å². The van der Waals surface area contributed by atoms with E-state index in [0.717, 1.165) is 12.5 Å². The summed E-state index contributed by atoms with van der Waals surface area (Å²) < 4.78 is 23.1. The first-order chi connectivity index (χ1) is 6.85. The Kier molecular flexibility index (Phi) is 3.80. The molecule has 0 amide bonds. The van der Waals surface area contributed by atoms with E-state index in [0.29, 0.717) is 0 Å². The van der Waals surface area contributed by atoms with E-state index in [1.807, 2.05) is 6.55 Å². The second-order valence-electron chi connectivity index (χ2n) is 4.67. The summed E-state index contributed by atoms with van der Waals surface area (Å²) >= 11 is 0. The molecule has 6 heteroatoms. The molecule has 0 spiro atoms. The van der Waals surface area contributed by atoms with Gasteiger partial charge in [0.05, 0.1) is 5.60 Å². The molecular formula is C9H22O4Si2. The van der Waals surface area contributed by atoms with Gasteiger partial charge in [-0.15, -0.1) is 0 Å². The molecule has 0 aromatic carbocycles. The molecule has 4 nitrogen and oxygen atoms in total. The first-order valence-corrected chi connectivity index (χ1v) is 10.5. The van der Waals surface area contributed by atoms with Gasteiger partial charge in [0.1, 0.15) is 0 Å². The van der Waals surface area contributed by atoms with Crippen molar-refractivity contribution in [3.8, 4) is 0 Å². The molecule has 1 unspecified atom stereocenters. The van der Waals surface area contributed by atoms with Crippen LogP contribution in [0, 0.1) is 0 Å². The van der Waals surface area contributed by atoms with E-state index in [1.165, 1.54) is 0 Å². The highest BCUT2D eigenvalue weighted by Crippen LogP contribution is 2.39. The quantitative estimate of drug-likeness (QED) is 0.715. The molecule has 0 saturated carbocycles. The molecule has 1 aliphatic rings. The fourth-order valence-corrected chi connectivity index (χ4v) is 12.8. The number of hydrogen-bond donors (Lipinski definition) is 0. The highest BCUT2D eigenvalue weighted by Gasteiger charge is 2.64. The third-order valence-corrected chi connectivity index (χ3v) is 15.6. The predicted octanol–water partition coefficient (Wildman–Crippen LogP) is 1.72. The van der Waals surface area contributed by atoms with E-state index >= 15 is 0 Å². The summed E-state index contributed by atoms with van der Waals surface area (Å²) in [5, 5.41) is 0. The van der Waals surface area contributed by atoms with Gasteiger partial charge in [-0.1, -0.05) is 0 Å². The minimum absolute atomic E-state index is 0.120. The topological polar surface area (TPSA) is 36.9 Å². The van der Waals surface area contributed by atoms with Gasteiger partial charge in [-0.3, -0.25) is 0 Å². The molecule has 0 aromatic heterocycles. The van der Waals surface area contributed by atoms with Gasteiger partial charge >= 0.3 is 16.2 Å². The summed E-state index contributed by atoms with van der Waals surface area (Å²) in [6, 6.07) is 0.948. The molecule has 0 bridgehead atoms. The van der Waals surface area contributed by atoms with E-state index in [4.69, 9.17) is 17.7 Å². The van der Waals surface area contributed by atoms with Gasteiger partial charge in [-0.05, 0) is 32.9 Å². The normalized spacial score (nSPS) is 34.0. The lowest BCUT2D eigenvalue weighted by Gasteiger charge is -2.48. The van der Waals surface area contributed by atoms with E-state index in [1.54, 1.807) is 21.3 Å². The van der Waals surface area contributed by atoms with Crippen LogP contribution in [-0.4, -0.2) is 43.1 Å². The third kappa shape index (κ3) is 2.20. The van der Waals surface area contributed by atoms with Gasteiger partial charge in [0.25, 0.3) is 0 Å². The number of rotatable bonds is 3. The summed E-state index contributed by atoms with van der Waals surface area (Å²) in [5.41, 5.74) is -0.120. The van der Waals surface area contributed by atoms with Crippen LogP contribution in [0.5, 0.6) is 0 Å². The Morgan fingerprint density at radius 1 is 1.07 bits per heavy atom. The molecular weight excluding hydrogens is 228 g/mol. The fourth-order valence-electron chi connectivity index (χ4n) is 2.20. The van der Waals surface area contributed by atoms with Gasteiger partial charge in [0.15, 0.2) is 0 Å². The zero-order valence-corrected chi connectivity index (χ0v) is 12.5. The lowest BCUT2D eigenvalue weighted by molar-refractivity contribution is 0.0401. The van der Waals surface area contributed by atoms with Crippen molar-refractivity contribution < 1.29 is 17.7 Å². The molecule has 1 saturated heterocycles. The molecule has 1 rings (SSSR count). The zero-order valence-electron chi connectivity index (χ0n) is 10.5. The molecule has 0 radical (unpaired) electrons. The van der Waals surface area contributed by atoms with Gasteiger partial charge in [0, 0.05) is 21.3 Å². The van der Waals surface area contributed by atoms with Crippen LogP contribution < -0.4 is 0 Å². The maximum absolute atomic E-state index is 6.14. The Bertz CT molecular complexity index is 230. The van der Waals surface area contributed by atoms with E-state index in [2.05, 4.69) is 13.8 Å². The first-order valence-electron chi connectivity index (χ1n) is 5.20. The monoisotopic (exact) mass is 250 g/mol. The summed E-state index contributed by atoms with van der Waals surface area (Å²) in [6.45, 7) is 6.24. The Morgan fingerprint density at radius 3 is 2.00 bits per heavy atom. The molecule has 0 N–H and O–H groups in total. The standard InChI is InChI=1S/C9H22O4Si2/c1-9(2)7-8-15(11-4,12-5)14(6,10-3)13-9/h7-8H2,1-6H3. The predicted molar refractivity (Wildman–Crippen MR) is 63.0 cm³/mol. The maximum atomic E-state index is 6.14. The van der Waals surface area contributed by atoms with Crippen LogP contribution in [0.4, 0.5) is 0 Å². The van der Waals surface area contributed by atoms with Crippen molar-refractivity contribution in [3.05, 3.63) is 0 Å². The van der Waals surface area contributed by atoms with Crippen molar-refractivity contribution in [2.45, 2.75) is 38.5 Å². The Hall–Kier alpha value is 0.274. The van der Waals surface area contributed by atoms with Crippen molar-refractivity contribution >= 4 is 16.2 Å². The van der Waals surface area contributed by atoms with Crippen LogP contribution in [0.15, 0.2) is 0 Å². The SMILES string of the molecule is CO[Si]1(C)OC(C)(C)CC[Si]1(OC)OC. The van der Waals surface area contributed by atoms with Crippen molar-refractivity contribution in [1.29, 1.82) is 0 Å². The zero-order chi connectivity index (χ0) is 11.7. The van der Waals surface area contributed by atoms with Crippen LogP contribution in [0.1, 0.15) is 20.3 Å². The minimum Gasteiger partial charge on any atom is -0.397 e. The molecule has 1 atom stereocenters. The molecule has 90 valence electrons. The summed E-state index contributed by atoms with van der Waals surface area (Å²) in [7, 11) is 0.512. The molecule has 1 aliphatic heterocycles. The number of hydrogen-bond acceptors (Lipinski definition) is 4. The highest BCUT2D eigenvalue weighted by molar-refractivity contribution is 7.31. The fraction of sp³-hybridized carbons (Fsp3) is 1.00.